The first-order valence-corrected chi connectivity index (χ1v) is 13.1. The van der Waals surface area contributed by atoms with Crippen LogP contribution >= 0.6 is 11.6 Å². The zero-order chi connectivity index (χ0) is 28.1. The Morgan fingerprint density at radius 1 is 1.02 bits per heavy atom. The Hall–Kier alpha value is -4.50. The molecular weight excluding hydrogens is 536 g/mol. The lowest BCUT2D eigenvalue weighted by atomic mass is 9.82. The van der Waals surface area contributed by atoms with Crippen LogP contribution in [0.25, 0.3) is 0 Å². The van der Waals surface area contributed by atoms with Crippen LogP contribution in [0.15, 0.2) is 78.4 Å². The van der Waals surface area contributed by atoms with Crippen LogP contribution < -0.4 is 9.64 Å². The zero-order valence-corrected chi connectivity index (χ0v) is 22.0. The zero-order valence-electron chi connectivity index (χ0n) is 21.3. The highest BCUT2D eigenvalue weighted by atomic mass is 35.5. The first kappa shape index (κ1) is 25.8. The summed E-state index contributed by atoms with van der Waals surface area (Å²) in [6, 6.07) is 17.0. The molecule has 1 heterocycles. The van der Waals surface area contributed by atoms with Crippen LogP contribution in [0.2, 0.25) is 5.02 Å². The molecule has 2 amide bonds. The molecule has 1 saturated heterocycles. The van der Waals surface area contributed by atoms with Crippen LogP contribution in [0.5, 0.6) is 11.5 Å². The van der Waals surface area contributed by atoms with Crippen molar-refractivity contribution >= 4 is 40.8 Å². The third kappa shape index (κ3) is 4.42. The molecule has 2 aliphatic carbocycles. The molecule has 0 N–H and O–H groups in total. The fraction of sp³-hybridized carbons (Fsp3) is 0.233. The number of benzene rings is 3. The highest BCUT2D eigenvalue weighted by Crippen LogP contribution is 2.55. The standard InChI is InChI=1S/C30H23ClN2O7/c1-16-12-19-13-23(16)27-26(19)28(34)32(29(27)35)20-6-4-18(5-7-20)30(36)39-15-17-2-9-22(10-3-17)40-25-11-8-21(33(37)38)14-24(25)31/h2-12,14,19,23,26-27H,13,15H2,1H3/t19-,23+,26+,27+/m1/s1. The van der Waals surface area contributed by atoms with Crippen LogP contribution in [0, 0.1) is 33.8 Å². The van der Waals surface area contributed by atoms with E-state index in [9.17, 15) is 24.5 Å². The molecule has 4 atom stereocenters. The molecule has 2 fully saturated rings. The minimum atomic E-state index is -0.543. The summed E-state index contributed by atoms with van der Waals surface area (Å²) in [6.45, 7) is 2.04. The van der Waals surface area contributed by atoms with Gasteiger partial charge in [0, 0.05) is 12.1 Å². The number of non-ortho nitro benzene ring substituents is 1. The van der Waals surface area contributed by atoms with E-state index in [1.807, 2.05) is 6.92 Å². The largest absolute Gasteiger partial charge is 0.457 e. The average molecular weight is 559 g/mol. The van der Waals surface area contributed by atoms with Gasteiger partial charge >= 0.3 is 5.97 Å². The molecule has 0 aromatic heterocycles. The van der Waals surface area contributed by atoms with Crippen LogP contribution in [0.1, 0.15) is 29.3 Å². The third-order valence-electron chi connectivity index (χ3n) is 7.89. The smallest absolute Gasteiger partial charge is 0.338 e. The maximum atomic E-state index is 13.1. The number of nitro benzene ring substituents is 1. The summed E-state index contributed by atoms with van der Waals surface area (Å²) < 4.78 is 11.1. The molecule has 9 nitrogen and oxygen atoms in total. The van der Waals surface area contributed by atoms with Crippen molar-refractivity contribution in [1.82, 2.24) is 0 Å². The van der Waals surface area contributed by atoms with Crippen molar-refractivity contribution in [2.24, 2.45) is 23.7 Å². The Labute approximate surface area is 234 Å². The van der Waals surface area contributed by atoms with Crippen molar-refractivity contribution in [3.63, 3.8) is 0 Å². The summed E-state index contributed by atoms with van der Waals surface area (Å²) >= 11 is 6.07. The predicted molar refractivity (Wildman–Crippen MR) is 145 cm³/mol. The molecule has 202 valence electrons. The van der Waals surface area contributed by atoms with Crippen molar-refractivity contribution in [2.75, 3.05) is 4.90 Å². The molecule has 1 saturated carbocycles. The van der Waals surface area contributed by atoms with E-state index >= 15 is 0 Å². The minimum absolute atomic E-state index is 0.0146. The molecule has 6 rings (SSSR count). The number of carbonyl (C=O) groups excluding carboxylic acids is 3. The Morgan fingerprint density at radius 2 is 1.73 bits per heavy atom. The average Bonchev–Trinajstić information content (AvgIpc) is 3.59. The van der Waals surface area contributed by atoms with Gasteiger partial charge in [0.25, 0.3) is 5.69 Å². The van der Waals surface area contributed by atoms with Gasteiger partial charge in [0.15, 0.2) is 0 Å². The summed E-state index contributed by atoms with van der Waals surface area (Å²) in [5, 5.41) is 11.0. The number of halogens is 1. The fourth-order valence-electron chi connectivity index (χ4n) is 5.97. The van der Waals surface area contributed by atoms with Crippen molar-refractivity contribution < 1.29 is 28.8 Å². The number of rotatable bonds is 7. The van der Waals surface area contributed by atoms with Crippen LogP contribution in [0.4, 0.5) is 11.4 Å². The van der Waals surface area contributed by atoms with Gasteiger partial charge in [0.05, 0.1) is 33.0 Å². The monoisotopic (exact) mass is 558 g/mol. The fourth-order valence-corrected chi connectivity index (χ4v) is 6.19. The number of ether oxygens (including phenoxy) is 2. The van der Waals surface area contributed by atoms with Gasteiger partial charge in [-0.25, -0.2) is 4.79 Å². The Morgan fingerprint density at radius 3 is 2.40 bits per heavy atom. The Kier molecular flexibility index (Phi) is 6.38. The molecule has 0 radical (unpaired) electrons. The Bertz CT molecular complexity index is 1580. The summed E-state index contributed by atoms with van der Waals surface area (Å²) in [5.41, 5.74) is 2.53. The number of imide groups is 1. The van der Waals surface area contributed by atoms with E-state index in [1.165, 1.54) is 28.7 Å². The van der Waals surface area contributed by atoms with E-state index in [-0.39, 0.29) is 58.6 Å². The van der Waals surface area contributed by atoms with Gasteiger partial charge in [-0.2, -0.15) is 0 Å². The molecule has 3 aromatic rings. The van der Waals surface area contributed by atoms with Crippen LogP contribution in [-0.4, -0.2) is 22.7 Å². The topological polar surface area (TPSA) is 116 Å². The van der Waals surface area contributed by atoms with E-state index in [0.717, 1.165) is 6.42 Å². The first-order chi connectivity index (χ1) is 19.2. The molecule has 0 spiro atoms. The molecule has 3 aromatic carbocycles. The summed E-state index contributed by atoms with van der Waals surface area (Å²) in [7, 11) is 0. The number of esters is 1. The second-order valence-corrected chi connectivity index (χ2v) is 10.6. The predicted octanol–water partition coefficient (Wildman–Crippen LogP) is 6.10. The Balaban J connectivity index is 1.05. The molecule has 40 heavy (non-hydrogen) atoms. The highest BCUT2D eigenvalue weighted by molar-refractivity contribution is 6.32. The number of anilines is 1. The molecule has 0 unspecified atom stereocenters. The number of hydrogen-bond donors (Lipinski definition) is 0. The lowest BCUT2D eigenvalue weighted by molar-refractivity contribution is -0.384. The molecule has 2 bridgehead atoms. The minimum Gasteiger partial charge on any atom is -0.457 e. The summed E-state index contributed by atoms with van der Waals surface area (Å²) in [4.78, 5) is 50.4. The van der Waals surface area contributed by atoms with E-state index in [1.54, 1.807) is 48.5 Å². The van der Waals surface area contributed by atoms with Crippen molar-refractivity contribution in [1.29, 1.82) is 0 Å². The number of hydrogen-bond acceptors (Lipinski definition) is 7. The SMILES string of the molecule is CC1=C[C@@H]2C[C@@H]1[C@@H]1C(=O)N(c3ccc(C(=O)OCc4ccc(Oc5ccc([N+](=O)[O-])cc5Cl)cc4)cc3)C(=O)[C@H]12. The molecule has 1 aliphatic heterocycles. The number of nitro groups is 1. The molecular formula is C30H23ClN2O7. The second-order valence-electron chi connectivity index (χ2n) is 10.2. The van der Waals surface area contributed by atoms with E-state index in [2.05, 4.69) is 6.08 Å². The summed E-state index contributed by atoms with van der Waals surface area (Å²) in [6.07, 6.45) is 3.01. The number of allylic oxidation sites excluding steroid dienone is 2. The van der Waals surface area contributed by atoms with Crippen molar-refractivity contribution in [3.8, 4) is 11.5 Å². The van der Waals surface area contributed by atoms with Crippen LogP contribution in [-0.2, 0) is 20.9 Å². The number of carbonyl (C=O) groups is 3. The van der Waals surface area contributed by atoms with Gasteiger partial charge in [-0.05, 0) is 73.2 Å². The number of amides is 2. The van der Waals surface area contributed by atoms with Gasteiger partial charge in [-0.1, -0.05) is 35.4 Å². The van der Waals surface area contributed by atoms with Gasteiger partial charge < -0.3 is 9.47 Å². The van der Waals surface area contributed by atoms with Crippen molar-refractivity contribution in [2.45, 2.75) is 20.0 Å². The van der Waals surface area contributed by atoms with Gasteiger partial charge in [0.1, 0.15) is 18.1 Å². The molecule has 10 heteroatoms. The third-order valence-corrected chi connectivity index (χ3v) is 8.18. The maximum Gasteiger partial charge on any atom is 0.338 e. The maximum absolute atomic E-state index is 13.1. The van der Waals surface area contributed by atoms with E-state index in [4.69, 9.17) is 21.1 Å². The van der Waals surface area contributed by atoms with Crippen LogP contribution in [0.3, 0.4) is 0 Å². The second kappa shape index (κ2) is 9.91. The normalized spacial score (nSPS) is 22.8. The van der Waals surface area contributed by atoms with Gasteiger partial charge in [0.2, 0.25) is 11.8 Å². The lowest BCUT2D eigenvalue weighted by Crippen LogP contribution is -2.32. The number of fused-ring (bicyclic) bond motifs is 5. The number of nitrogens with zero attached hydrogens (tertiary/aromatic N) is 2. The van der Waals surface area contributed by atoms with Gasteiger partial charge in [-0.3, -0.25) is 24.6 Å². The lowest BCUT2D eigenvalue weighted by Gasteiger charge is -2.19. The molecule has 3 aliphatic rings. The van der Waals surface area contributed by atoms with E-state index < -0.39 is 10.9 Å². The van der Waals surface area contributed by atoms with E-state index in [0.29, 0.717) is 22.6 Å². The van der Waals surface area contributed by atoms with Gasteiger partial charge in [-0.15, -0.1) is 0 Å². The summed E-state index contributed by atoms with van der Waals surface area (Å²) in [5.74, 6) is -0.427. The highest BCUT2D eigenvalue weighted by Gasteiger charge is 2.60. The quantitative estimate of drug-likeness (QED) is 0.113. The first-order valence-electron chi connectivity index (χ1n) is 12.8. The van der Waals surface area contributed by atoms with Crippen molar-refractivity contribution in [3.05, 3.63) is 105 Å².